The summed E-state index contributed by atoms with van der Waals surface area (Å²) in [4.78, 5) is 25.4. The fourth-order valence-electron chi connectivity index (χ4n) is 1.68. The Morgan fingerprint density at radius 2 is 2.18 bits per heavy atom. The highest BCUT2D eigenvalue weighted by atomic mass is 16.6. The lowest BCUT2D eigenvalue weighted by atomic mass is 10.1. The summed E-state index contributed by atoms with van der Waals surface area (Å²) in [6, 6.07) is 4.47. The van der Waals surface area contributed by atoms with Crippen LogP contribution in [0.3, 0.4) is 0 Å². The second-order valence-electron chi connectivity index (χ2n) is 3.29. The Morgan fingerprint density at radius 1 is 1.41 bits per heavy atom. The first-order valence-corrected chi connectivity index (χ1v) is 4.74. The predicted molar refractivity (Wildman–Crippen MR) is 60.3 cm³/mol. The number of nitrogens with zero attached hydrogens (tertiary/aromatic N) is 2. The maximum atomic E-state index is 11.0. The number of hydrogen-bond donors (Lipinski definition) is 0. The first-order valence-electron chi connectivity index (χ1n) is 4.74. The predicted octanol–water partition coefficient (Wildman–Crippen LogP) is 1.96. The molecule has 2 rings (SSSR count). The molecule has 0 aliphatic rings. The number of nitro groups is 1. The molecule has 0 bridgehead atoms. The van der Waals surface area contributed by atoms with Gasteiger partial charge in [-0.2, -0.15) is 0 Å². The van der Waals surface area contributed by atoms with E-state index in [1.807, 2.05) is 0 Å². The molecular formula is C11H8N2O4. The molecule has 0 saturated heterocycles. The smallest absolute Gasteiger partial charge is 0.320 e. The van der Waals surface area contributed by atoms with Crippen LogP contribution in [0.5, 0.6) is 5.75 Å². The maximum absolute atomic E-state index is 11.0. The van der Waals surface area contributed by atoms with Gasteiger partial charge in [0.05, 0.1) is 22.9 Å². The minimum atomic E-state index is -0.574. The minimum Gasteiger partial charge on any atom is -0.490 e. The quantitative estimate of drug-likeness (QED) is 0.459. The van der Waals surface area contributed by atoms with Crippen LogP contribution in [-0.4, -0.2) is 23.3 Å². The number of aldehydes is 1. The van der Waals surface area contributed by atoms with E-state index >= 15 is 0 Å². The van der Waals surface area contributed by atoms with Crippen molar-refractivity contribution in [3.63, 3.8) is 0 Å². The number of nitro benzene ring substituents is 1. The molecule has 0 radical (unpaired) electrons. The van der Waals surface area contributed by atoms with Gasteiger partial charge < -0.3 is 4.74 Å². The van der Waals surface area contributed by atoms with E-state index in [0.29, 0.717) is 11.8 Å². The summed E-state index contributed by atoms with van der Waals surface area (Å²) >= 11 is 0. The van der Waals surface area contributed by atoms with Crippen LogP contribution < -0.4 is 4.74 Å². The van der Waals surface area contributed by atoms with Gasteiger partial charge in [0.25, 0.3) is 0 Å². The number of carbonyl (C=O) groups excluding carboxylic acids is 1. The summed E-state index contributed by atoms with van der Waals surface area (Å²) in [5.74, 6) is 0.110. The Balaban J connectivity index is 2.96. The van der Waals surface area contributed by atoms with Crippen LogP contribution in [0.15, 0.2) is 24.4 Å². The molecule has 0 unspecified atom stereocenters. The first-order chi connectivity index (χ1) is 8.19. The van der Waals surface area contributed by atoms with Crippen molar-refractivity contribution in [2.24, 2.45) is 0 Å². The SMILES string of the molecule is COc1ccc2nccc(C=O)c2c1[N+](=O)[O-]. The summed E-state index contributed by atoms with van der Waals surface area (Å²) in [6.45, 7) is 0. The van der Waals surface area contributed by atoms with Gasteiger partial charge in [-0.25, -0.2) is 0 Å². The highest BCUT2D eigenvalue weighted by Crippen LogP contribution is 2.35. The van der Waals surface area contributed by atoms with E-state index in [9.17, 15) is 14.9 Å². The average molecular weight is 232 g/mol. The van der Waals surface area contributed by atoms with E-state index in [4.69, 9.17) is 4.74 Å². The van der Waals surface area contributed by atoms with Crippen LogP contribution in [0.25, 0.3) is 10.9 Å². The highest BCUT2D eigenvalue weighted by Gasteiger charge is 2.22. The van der Waals surface area contributed by atoms with Gasteiger partial charge in [-0.15, -0.1) is 0 Å². The van der Waals surface area contributed by atoms with Gasteiger partial charge in [-0.05, 0) is 18.2 Å². The van der Waals surface area contributed by atoms with E-state index in [-0.39, 0.29) is 22.4 Å². The molecule has 1 aromatic carbocycles. The molecule has 6 nitrogen and oxygen atoms in total. The Labute approximate surface area is 96.0 Å². The molecule has 0 saturated carbocycles. The molecule has 0 amide bonds. The number of ether oxygens (including phenoxy) is 1. The fraction of sp³-hybridized carbons (Fsp3) is 0.0909. The van der Waals surface area contributed by atoms with Crippen LogP contribution in [-0.2, 0) is 0 Å². The zero-order chi connectivity index (χ0) is 12.4. The van der Waals surface area contributed by atoms with Gasteiger partial charge >= 0.3 is 5.69 Å². The van der Waals surface area contributed by atoms with Crippen LogP contribution in [0.4, 0.5) is 5.69 Å². The van der Waals surface area contributed by atoms with Crippen molar-refractivity contribution in [2.45, 2.75) is 0 Å². The van der Waals surface area contributed by atoms with Crippen molar-refractivity contribution in [3.05, 3.63) is 40.1 Å². The number of carbonyl (C=O) groups is 1. The number of rotatable bonds is 3. The molecule has 0 aliphatic heterocycles. The Hall–Kier alpha value is -2.50. The summed E-state index contributed by atoms with van der Waals surface area (Å²) < 4.78 is 4.93. The van der Waals surface area contributed by atoms with Gasteiger partial charge in [0.1, 0.15) is 0 Å². The topological polar surface area (TPSA) is 82.3 Å². The molecule has 17 heavy (non-hydrogen) atoms. The molecule has 0 aliphatic carbocycles. The van der Waals surface area contributed by atoms with Crippen LogP contribution in [0, 0.1) is 10.1 Å². The van der Waals surface area contributed by atoms with E-state index in [1.165, 1.54) is 25.4 Å². The lowest BCUT2D eigenvalue weighted by Crippen LogP contribution is -1.98. The van der Waals surface area contributed by atoms with Crippen molar-refractivity contribution < 1.29 is 14.5 Å². The number of hydrogen-bond acceptors (Lipinski definition) is 5. The second-order valence-corrected chi connectivity index (χ2v) is 3.29. The lowest BCUT2D eigenvalue weighted by molar-refractivity contribution is -0.384. The summed E-state index contributed by atoms with van der Waals surface area (Å²) in [7, 11) is 1.34. The summed E-state index contributed by atoms with van der Waals surface area (Å²) in [5.41, 5.74) is 0.378. The van der Waals surface area contributed by atoms with Crippen molar-refractivity contribution in [1.82, 2.24) is 4.98 Å². The lowest BCUT2D eigenvalue weighted by Gasteiger charge is -2.05. The van der Waals surface area contributed by atoms with Crippen molar-refractivity contribution in [2.75, 3.05) is 7.11 Å². The number of pyridine rings is 1. The normalized spacial score (nSPS) is 10.2. The van der Waals surface area contributed by atoms with Crippen molar-refractivity contribution >= 4 is 22.9 Å². The zero-order valence-corrected chi connectivity index (χ0v) is 8.91. The molecule has 2 aromatic rings. The van der Waals surface area contributed by atoms with E-state index in [2.05, 4.69) is 4.98 Å². The molecule has 0 N–H and O–H groups in total. The summed E-state index contributed by atoms with van der Waals surface area (Å²) in [6.07, 6.45) is 2.00. The van der Waals surface area contributed by atoms with E-state index < -0.39 is 4.92 Å². The molecular weight excluding hydrogens is 224 g/mol. The molecule has 86 valence electrons. The summed E-state index contributed by atoms with van der Waals surface area (Å²) in [5, 5.41) is 11.2. The van der Waals surface area contributed by atoms with Crippen LogP contribution in [0.2, 0.25) is 0 Å². The Bertz CT molecular complexity index is 610. The Kier molecular flexibility index (Phi) is 2.70. The van der Waals surface area contributed by atoms with Gasteiger partial charge in [0.2, 0.25) is 0 Å². The minimum absolute atomic E-state index is 0.110. The van der Waals surface area contributed by atoms with Gasteiger partial charge in [-0.1, -0.05) is 0 Å². The number of aromatic nitrogens is 1. The van der Waals surface area contributed by atoms with Gasteiger partial charge in [0, 0.05) is 11.8 Å². The molecule has 0 fully saturated rings. The first kappa shape index (κ1) is 11.0. The van der Waals surface area contributed by atoms with Crippen LogP contribution in [0.1, 0.15) is 10.4 Å². The maximum Gasteiger partial charge on any atom is 0.320 e. The third-order valence-electron chi connectivity index (χ3n) is 2.40. The standard InChI is InChI=1S/C11H8N2O4/c1-17-9-3-2-8-10(11(9)13(15)16)7(6-14)4-5-12-8/h2-6H,1H3. The average Bonchev–Trinajstić information content (AvgIpc) is 2.36. The third kappa shape index (κ3) is 1.69. The number of fused-ring (bicyclic) bond motifs is 1. The van der Waals surface area contributed by atoms with Crippen molar-refractivity contribution in [1.29, 1.82) is 0 Å². The second kappa shape index (κ2) is 4.17. The van der Waals surface area contributed by atoms with Gasteiger partial charge in [-0.3, -0.25) is 19.9 Å². The highest BCUT2D eigenvalue weighted by molar-refractivity contribution is 6.03. The van der Waals surface area contributed by atoms with Crippen molar-refractivity contribution in [3.8, 4) is 5.75 Å². The number of benzene rings is 1. The third-order valence-corrected chi connectivity index (χ3v) is 2.40. The molecule has 1 heterocycles. The number of methoxy groups -OCH3 is 1. The molecule has 0 atom stereocenters. The Morgan fingerprint density at radius 3 is 2.76 bits per heavy atom. The largest absolute Gasteiger partial charge is 0.490 e. The molecule has 6 heteroatoms. The monoisotopic (exact) mass is 232 g/mol. The van der Waals surface area contributed by atoms with E-state index in [0.717, 1.165) is 0 Å². The van der Waals surface area contributed by atoms with E-state index in [1.54, 1.807) is 6.07 Å². The fourth-order valence-corrected chi connectivity index (χ4v) is 1.68. The molecule has 0 spiro atoms. The zero-order valence-electron chi connectivity index (χ0n) is 8.91. The van der Waals surface area contributed by atoms with Crippen LogP contribution >= 0.6 is 0 Å². The molecule has 1 aromatic heterocycles. The van der Waals surface area contributed by atoms with Gasteiger partial charge in [0.15, 0.2) is 12.0 Å².